The highest BCUT2D eigenvalue weighted by Gasteiger charge is 2.09. The summed E-state index contributed by atoms with van der Waals surface area (Å²) in [7, 11) is 1.60. The van der Waals surface area contributed by atoms with E-state index in [1.807, 2.05) is 30.3 Å². The van der Waals surface area contributed by atoms with Crippen molar-refractivity contribution in [1.29, 1.82) is 5.26 Å². The quantitative estimate of drug-likeness (QED) is 0.772. The molecule has 1 aromatic heterocycles. The van der Waals surface area contributed by atoms with Gasteiger partial charge in [0.05, 0.1) is 18.9 Å². The van der Waals surface area contributed by atoms with Gasteiger partial charge in [-0.3, -0.25) is 0 Å². The van der Waals surface area contributed by atoms with Gasteiger partial charge in [-0.25, -0.2) is 0 Å². The van der Waals surface area contributed by atoms with Crippen LogP contribution in [0.5, 0.6) is 5.75 Å². The Kier molecular flexibility index (Phi) is 3.62. The van der Waals surface area contributed by atoms with Crippen molar-refractivity contribution in [3.05, 3.63) is 24.3 Å². The van der Waals surface area contributed by atoms with Crippen molar-refractivity contribution in [2.75, 3.05) is 12.9 Å². The number of aromatic nitrogens is 2. The summed E-state index contributed by atoms with van der Waals surface area (Å²) in [6, 6.07) is 9.35. The molecular formula is C11H9N3O2S. The first-order valence-electron chi connectivity index (χ1n) is 4.81. The minimum absolute atomic E-state index is 0.291. The highest BCUT2D eigenvalue weighted by atomic mass is 32.2. The van der Waals surface area contributed by atoms with Crippen molar-refractivity contribution < 1.29 is 9.15 Å². The fourth-order valence-corrected chi connectivity index (χ4v) is 1.66. The lowest BCUT2D eigenvalue weighted by atomic mass is 10.2. The predicted molar refractivity (Wildman–Crippen MR) is 62.6 cm³/mol. The zero-order chi connectivity index (χ0) is 12.1. The van der Waals surface area contributed by atoms with E-state index in [4.69, 9.17) is 14.4 Å². The van der Waals surface area contributed by atoms with Crippen LogP contribution in [0.15, 0.2) is 33.9 Å². The topological polar surface area (TPSA) is 71.9 Å². The first-order valence-corrected chi connectivity index (χ1v) is 5.79. The minimum Gasteiger partial charge on any atom is -0.497 e. The van der Waals surface area contributed by atoms with Gasteiger partial charge in [-0.15, -0.1) is 10.2 Å². The maximum absolute atomic E-state index is 8.44. The predicted octanol–water partition coefficient (Wildman–Crippen LogP) is 2.36. The number of methoxy groups -OCH3 is 1. The first-order chi connectivity index (χ1) is 8.33. The lowest BCUT2D eigenvalue weighted by Gasteiger charge is -1.99. The first kappa shape index (κ1) is 11.5. The van der Waals surface area contributed by atoms with Gasteiger partial charge in [0.1, 0.15) is 5.75 Å². The molecular weight excluding hydrogens is 238 g/mol. The number of rotatable bonds is 4. The number of hydrogen-bond donors (Lipinski definition) is 0. The van der Waals surface area contributed by atoms with Crippen LogP contribution in [-0.2, 0) is 0 Å². The number of hydrogen-bond acceptors (Lipinski definition) is 6. The van der Waals surface area contributed by atoms with Crippen molar-refractivity contribution in [2.45, 2.75) is 5.22 Å². The minimum atomic E-state index is 0.291. The second-order valence-electron chi connectivity index (χ2n) is 3.05. The molecule has 0 atom stereocenters. The third kappa shape index (κ3) is 2.77. The lowest BCUT2D eigenvalue weighted by molar-refractivity contribution is 0.414. The van der Waals surface area contributed by atoms with Crippen LogP contribution in [0.1, 0.15) is 0 Å². The van der Waals surface area contributed by atoms with E-state index >= 15 is 0 Å². The van der Waals surface area contributed by atoms with Crippen molar-refractivity contribution >= 4 is 11.8 Å². The molecule has 5 nitrogen and oxygen atoms in total. The summed E-state index contributed by atoms with van der Waals surface area (Å²) in [6.45, 7) is 0. The van der Waals surface area contributed by atoms with E-state index in [1.54, 1.807) is 7.11 Å². The maximum Gasteiger partial charge on any atom is 0.277 e. The van der Waals surface area contributed by atoms with Gasteiger partial charge in [-0.05, 0) is 18.2 Å². The molecule has 0 N–H and O–H groups in total. The molecule has 2 rings (SSSR count). The Morgan fingerprint density at radius 1 is 1.47 bits per heavy atom. The van der Waals surface area contributed by atoms with Gasteiger partial charge in [-0.2, -0.15) is 5.26 Å². The van der Waals surface area contributed by atoms with E-state index < -0.39 is 0 Å². The number of nitriles is 1. The molecule has 0 saturated heterocycles. The molecule has 0 unspecified atom stereocenters. The van der Waals surface area contributed by atoms with Crippen molar-refractivity contribution in [1.82, 2.24) is 10.2 Å². The number of thioether (sulfide) groups is 1. The van der Waals surface area contributed by atoms with Gasteiger partial charge >= 0.3 is 0 Å². The fraction of sp³-hybridized carbons (Fsp3) is 0.182. The molecule has 0 bridgehead atoms. The molecule has 0 aliphatic rings. The van der Waals surface area contributed by atoms with Crippen LogP contribution in [0, 0.1) is 11.3 Å². The van der Waals surface area contributed by atoms with Crippen LogP contribution in [0.3, 0.4) is 0 Å². The molecule has 0 spiro atoms. The molecule has 0 saturated carbocycles. The highest BCUT2D eigenvalue weighted by Crippen LogP contribution is 2.25. The Morgan fingerprint density at radius 3 is 3.12 bits per heavy atom. The normalized spacial score (nSPS) is 9.88. The van der Waals surface area contributed by atoms with E-state index in [0.717, 1.165) is 11.3 Å². The van der Waals surface area contributed by atoms with E-state index in [0.29, 0.717) is 16.9 Å². The number of nitrogens with zero attached hydrogens (tertiary/aromatic N) is 3. The van der Waals surface area contributed by atoms with Crippen molar-refractivity contribution in [3.63, 3.8) is 0 Å². The Bertz CT molecular complexity index is 548. The molecule has 1 heterocycles. The number of ether oxygens (including phenoxy) is 1. The average molecular weight is 247 g/mol. The Labute approximate surface area is 102 Å². The monoisotopic (exact) mass is 247 g/mol. The van der Waals surface area contributed by atoms with E-state index in [9.17, 15) is 0 Å². The van der Waals surface area contributed by atoms with Gasteiger partial charge in [0, 0.05) is 5.56 Å². The third-order valence-corrected chi connectivity index (χ3v) is 2.67. The Balaban J connectivity index is 2.21. The summed E-state index contributed by atoms with van der Waals surface area (Å²) >= 11 is 1.21. The van der Waals surface area contributed by atoms with Crippen LogP contribution in [0.25, 0.3) is 11.5 Å². The standard InChI is InChI=1S/C11H9N3O2S/c1-15-9-4-2-3-8(7-9)10-13-14-11(16-10)17-6-5-12/h2-4,7H,6H2,1H3. The zero-order valence-electron chi connectivity index (χ0n) is 9.08. The Morgan fingerprint density at radius 2 is 2.35 bits per heavy atom. The third-order valence-electron chi connectivity index (χ3n) is 1.98. The molecule has 86 valence electrons. The Hall–Kier alpha value is -2.00. The van der Waals surface area contributed by atoms with Gasteiger partial charge in [0.15, 0.2) is 0 Å². The molecule has 0 aliphatic carbocycles. The van der Waals surface area contributed by atoms with Gasteiger partial charge < -0.3 is 9.15 Å². The summed E-state index contributed by atoms with van der Waals surface area (Å²) in [5.41, 5.74) is 0.792. The van der Waals surface area contributed by atoms with Gasteiger partial charge in [0.2, 0.25) is 5.89 Å². The summed E-state index contributed by atoms with van der Waals surface area (Å²) in [5.74, 6) is 1.44. The van der Waals surface area contributed by atoms with Crippen LogP contribution in [-0.4, -0.2) is 23.1 Å². The van der Waals surface area contributed by atoms with E-state index in [-0.39, 0.29) is 0 Å². The zero-order valence-corrected chi connectivity index (χ0v) is 9.90. The largest absolute Gasteiger partial charge is 0.497 e. The smallest absolute Gasteiger partial charge is 0.277 e. The lowest BCUT2D eigenvalue weighted by Crippen LogP contribution is -1.83. The van der Waals surface area contributed by atoms with Crippen LogP contribution >= 0.6 is 11.8 Å². The molecule has 17 heavy (non-hydrogen) atoms. The SMILES string of the molecule is COc1cccc(-c2nnc(SCC#N)o2)c1. The van der Waals surface area contributed by atoms with Crippen molar-refractivity contribution in [2.24, 2.45) is 0 Å². The molecule has 0 aliphatic heterocycles. The summed E-state index contributed by atoms with van der Waals surface area (Å²) in [6.07, 6.45) is 0. The molecule has 1 aromatic carbocycles. The van der Waals surface area contributed by atoms with Crippen LogP contribution < -0.4 is 4.74 Å². The molecule has 0 fully saturated rings. The number of benzene rings is 1. The van der Waals surface area contributed by atoms with Gasteiger partial charge in [-0.1, -0.05) is 17.8 Å². The summed E-state index contributed by atoms with van der Waals surface area (Å²) in [4.78, 5) is 0. The maximum atomic E-state index is 8.44. The van der Waals surface area contributed by atoms with Crippen LogP contribution in [0.4, 0.5) is 0 Å². The fourth-order valence-electron chi connectivity index (χ4n) is 1.23. The van der Waals surface area contributed by atoms with Gasteiger partial charge in [0.25, 0.3) is 5.22 Å². The van der Waals surface area contributed by atoms with Crippen LogP contribution in [0.2, 0.25) is 0 Å². The summed E-state index contributed by atoms with van der Waals surface area (Å²) < 4.78 is 10.5. The van der Waals surface area contributed by atoms with E-state index in [2.05, 4.69) is 10.2 Å². The molecule has 6 heteroatoms. The highest BCUT2D eigenvalue weighted by molar-refractivity contribution is 7.99. The van der Waals surface area contributed by atoms with Crippen molar-refractivity contribution in [3.8, 4) is 23.3 Å². The van der Waals surface area contributed by atoms with E-state index in [1.165, 1.54) is 11.8 Å². The second-order valence-corrected chi connectivity index (χ2v) is 3.98. The molecule has 0 amide bonds. The second kappa shape index (κ2) is 5.37. The molecule has 0 radical (unpaired) electrons. The molecule has 2 aromatic rings. The summed E-state index contributed by atoms with van der Waals surface area (Å²) in [5, 5.41) is 16.6. The average Bonchev–Trinajstić information content (AvgIpc) is 2.85.